The fraction of sp³-hybridized carbons (Fsp3) is 0.364. The quantitative estimate of drug-likeness (QED) is 0.394. The third-order valence-corrected chi connectivity index (χ3v) is 7.03. The summed E-state index contributed by atoms with van der Waals surface area (Å²) >= 11 is 1.68. The molecule has 1 unspecified atom stereocenters. The van der Waals surface area contributed by atoms with Crippen LogP contribution in [0.2, 0.25) is 0 Å². The Morgan fingerprint density at radius 1 is 1.06 bits per heavy atom. The Morgan fingerprint density at radius 3 is 2.29 bits per heavy atom. The summed E-state index contributed by atoms with van der Waals surface area (Å²) in [6.45, 7) is 1.89. The zero-order valence-electron chi connectivity index (χ0n) is 17.2. The van der Waals surface area contributed by atoms with Gasteiger partial charge in [-0.2, -0.15) is 33.4 Å². The average molecular weight is 472 g/mol. The van der Waals surface area contributed by atoms with E-state index in [1.54, 1.807) is 11.8 Å². The van der Waals surface area contributed by atoms with E-state index >= 15 is 0 Å². The van der Waals surface area contributed by atoms with E-state index in [4.69, 9.17) is 4.55 Å². The molecule has 1 aromatic heterocycles. The summed E-state index contributed by atoms with van der Waals surface area (Å²) in [5.41, 5.74) is 2.10. The monoisotopic (exact) mass is 471 g/mol. The fourth-order valence-electron chi connectivity index (χ4n) is 4.02. The molecule has 1 atom stereocenters. The van der Waals surface area contributed by atoms with Crippen LogP contribution in [-0.4, -0.2) is 30.0 Å². The lowest BCUT2D eigenvalue weighted by molar-refractivity contribution is -0.137. The zero-order chi connectivity index (χ0) is 22.9. The van der Waals surface area contributed by atoms with Crippen LogP contribution in [0.25, 0.3) is 10.9 Å². The maximum absolute atomic E-state index is 13.0. The Kier molecular flexibility index (Phi) is 6.78. The number of hydrogen-bond acceptors (Lipinski definition) is 3. The predicted octanol–water partition coefficient (Wildman–Crippen LogP) is 6.02. The lowest BCUT2D eigenvalue weighted by atomic mass is 9.73. The van der Waals surface area contributed by atoms with Gasteiger partial charge in [-0.25, -0.2) is 0 Å². The van der Waals surface area contributed by atoms with Gasteiger partial charge in [0.2, 0.25) is 0 Å². The molecule has 0 aliphatic rings. The van der Waals surface area contributed by atoms with Gasteiger partial charge in [0.1, 0.15) is 0 Å². The summed E-state index contributed by atoms with van der Waals surface area (Å²) in [6, 6.07) is 10.9. The molecular formula is C22H24F3NO3S2. The van der Waals surface area contributed by atoms with Crippen LogP contribution < -0.4 is 0 Å². The van der Waals surface area contributed by atoms with Crippen molar-refractivity contribution in [2.24, 2.45) is 0 Å². The predicted molar refractivity (Wildman–Crippen MR) is 119 cm³/mol. The third-order valence-electron chi connectivity index (χ3n) is 5.62. The second kappa shape index (κ2) is 8.88. The van der Waals surface area contributed by atoms with Gasteiger partial charge in [0.15, 0.2) is 0 Å². The van der Waals surface area contributed by atoms with Crippen LogP contribution in [0.15, 0.2) is 48.7 Å². The van der Waals surface area contributed by atoms with E-state index < -0.39 is 33.0 Å². The molecule has 1 heterocycles. The van der Waals surface area contributed by atoms with Crippen molar-refractivity contribution >= 4 is 32.8 Å². The van der Waals surface area contributed by atoms with Crippen LogP contribution in [0.4, 0.5) is 13.2 Å². The fourth-order valence-corrected chi connectivity index (χ4v) is 5.08. The number of thioether (sulfide) groups is 1. The van der Waals surface area contributed by atoms with Crippen LogP contribution in [0.3, 0.4) is 0 Å². The van der Waals surface area contributed by atoms with E-state index in [9.17, 15) is 21.6 Å². The van der Waals surface area contributed by atoms with Crippen LogP contribution in [0.1, 0.15) is 42.0 Å². The standard InChI is InChI=1S/C22H24F3NO3S2/c1-21(11-4-12-31(27,28)29,16-7-9-17(10-8-16)22(23,24)25)19-13-26-20-15(14-30-2)5-3-6-18(19)20/h3,5-10,13,26H,4,11-12,14H2,1-2H3,(H,27,28,29). The highest BCUT2D eigenvalue weighted by atomic mass is 32.2. The van der Waals surface area contributed by atoms with Crippen LogP contribution in [0.5, 0.6) is 0 Å². The van der Waals surface area contributed by atoms with E-state index in [0.29, 0.717) is 12.0 Å². The molecule has 4 nitrogen and oxygen atoms in total. The number of aromatic amines is 1. The highest BCUT2D eigenvalue weighted by Crippen LogP contribution is 2.42. The summed E-state index contributed by atoms with van der Waals surface area (Å²) in [4.78, 5) is 3.30. The Labute approximate surface area is 184 Å². The van der Waals surface area contributed by atoms with Gasteiger partial charge in [-0.3, -0.25) is 4.55 Å². The third kappa shape index (κ3) is 5.27. The minimum absolute atomic E-state index is 0.160. The molecule has 168 valence electrons. The molecule has 9 heteroatoms. The first kappa shape index (κ1) is 23.7. The van der Waals surface area contributed by atoms with Gasteiger partial charge in [0.05, 0.1) is 11.3 Å². The Balaban J connectivity index is 2.10. The van der Waals surface area contributed by atoms with Crippen molar-refractivity contribution in [3.05, 3.63) is 70.9 Å². The van der Waals surface area contributed by atoms with E-state index in [2.05, 4.69) is 4.98 Å². The number of hydrogen-bond donors (Lipinski definition) is 2. The summed E-state index contributed by atoms with van der Waals surface area (Å²) in [6.07, 6.45) is -0.0945. The summed E-state index contributed by atoms with van der Waals surface area (Å²) < 4.78 is 70.8. The molecule has 0 fully saturated rings. The highest BCUT2D eigenvalue weighted by Gasteiger charge is 2.34. The zero-order valence-corrected chi connectivity index (χ0v) is 18.8. The maximum atomic E-state index is 13.0. The molecule has 0 spiro atoms. The molecule has 2 N–H and O–H groups in total. The molecular weight excluding hydrogens is 447 g/mol. The molecule has 3 aromatic rings. The first-order chi connectivity index (χ1) is 14.5. The smallest absolute Gasteiger partial charge is 0.361 e. The Morgan fingerprint density at radius 2 is 1.71 bits per heavy atom. The molecule has 0 radical (unpaired) electrons. The van der Waals surface area contributed by atoms with Gasteiger partial charge in [-0.15, -0.1) is 0 Å². The van der Waals surface area contributed by atoms with Gasteiger partial charge >= 0.3 is 6.18 Å². The minimum atomic E-state index is -4.44. The molecule has 2 aromatic carbocycles. The van der Waals surface area contributed by atoms with Crippen LogP contribution in [0, 0.1) is 0 Å². The minimum Gasteiger partial charge on any atom is -0.361 e. The van der Waals surface area contributed by atoms with Crippen molar-refractivity contribution in [3.63, 3.8) is 0 Å². The molecule has 3 rings (SSSR count). The topological polar surface area (TPSA) is 70.2 Å². The SMILES string of the molecule is CSCc1cccc2c(C(C)(CCCS(=O)(=O)O)c3ccc(C(F)(F)F)cc3)c[nH]c12. The molecule has 0 aliphatic heterocycles. The van der Waals surface area contributed by atoms with Crippen molar-refractivity contribution < 1.29 is 26.1 Å². The average Bonchev–Trinajstić information content (AvgIpc) is 3.12. The number of alkyl halides is 3. The molecule has 0 saturated heterocycles. The highest BCUT2D eigenvalue weighted by molar-refractivity contribution is 7.97. The number of para-hydroxylation sites is 1. The lowest BCUT2D eigenvalue weighted by Crippen LogP contribution is -2.25. The normalized spacial score (nSPS) is 14.6. The van der Waals surface area contributed by atoms with E-state index in [0.717, 1.165) is 39.9 Å². The first-order valence-corrected chi connectivity index (χ1v) is 12.7. The number of fused-ring (bicyclic) bond motifs is 1. The van der Waals surface area contributed by atoms with Crippen molar-refractivity contribution in [1.82, 2.24) is 4.98 Å². The number of nitrogens with one attached hydrogen (secondary N) is 1. The lowest BCUT2D eigenvalue weighted by Gasteiger charge is -2.31. The number of aromatic nitrogens is 1. The molecule has 31 heavy (non-hydrogen) atoms. The van der Waals surface area contributed by atoms with Gasteiger partial charge in [-0.05, 0) is 47.9 Å². The number of H-pyrrole nitrogens is 1. The van der Waals surface area contributed by atoms with Gasteiger partial charge in [0.25, 0.3) is 10.1 Å². The van der Waals surface area contributed by atoms with Gasteiger partial charge in [0, 0.05) is 28.3 Å². The number of benzene rings is 2. The molecule has 0 amide bonds. The van der Waals surface area contributed by atoms with E-state index in [-0.39, 0.29) is 6.42 Å². The maximum Gasteiger partial charge on any atom is 0.416 e. The molecule has 0 saturated carbocycles. The summed E-state index contributed by atoms with van der Waals surface area (Å²) in [5.74, 6) is 0.389. The second-order valence-corrected chi connectivity index (χ2v) is 10.2. The summed E-state index contributed by atoms with van der Waals surface area (Å²) in [7, 11) is -4.14. The van der Waals surface area contributed by atoms with Crippen LogP contribution >= 0.6 is 11.8 Å². The summed E-state index contributed by atoms with van der Waals surface area (Å²) in [5, 5.41) is 0.945. The van der Waals surface area contributed by atoms with Crippen molar-refractivity contribution in [1.29, 1.82) is 0 Å². The first-order valence-electron chi connectivity index (χ1n) is 9.67. The molecule has 0 aliphatic carbocycles. The van der Waals surface area contributed by atoms with E-state index in [1.165, 1.54) is 12.1 Å². The Bertz CT molecular complexity index is 1150. The van der Waals surface area contributed by atoms with Crippen molar-refractivity contribution in [2.45, 2.75) is 37.1 Å². The Hall–Kier alpha value is -1.97. The van der Waals surface area contributed by atoms with Gasteiger partial charge < -0.3 is 4.98 Å². The number of halogens is 3. The van der Waals surface area contributed by atoms with Crippen molar-refractivity contribution in [3.8, 4) is 0 Å². The molecule has 0 bridgehead atoms. The van der Waals surface area contributed by atoms with E-state index in [1.807, 2.05) is 37.6 Å². The largest absolute Gasteiger partial charge is 0.416 e. The van der Waals surface area contributed by atoms with Gasteiger partial charge in [-0.1, -0.05) is 37.3 Å². The second-order valence-electron chi connectivity index (χ2n) is 7.77. The number of rotatable bonds is 8. The van der Waals surface area contributed by atoms with Crippen molar-refractivity contribution in [2.75, 3.05) is 12.0 Å². The van der Waals surface area contributed by atoms with Crippen LogP contribution in [-0.2, 0) is 27.5 Å².